The molecule has 0 fully saturated rings. The molecule has 0 radical (unpaired) electrons. The van der Waals surface area contributed by atoms with E-state index in [1.165, 1.54) is 92.4 Å². The number of rotatable bonds is 4. The van der Waals surface area contributed by atoms with Crippen molar-refractivity contribution in [2.75, 3.05) is 0 Å². The molecule has 0 unspecified atom stereocenters. The lowest BCUT2D eigenvalue weighted by Gasteiger charge is -2.17. The van der Waals surface area contributed by atoms with Gasteiger partial charge in [0.1, 0.15) is 5.82 Å². The van der Waals surface area contributed by atoms with E-state index >= 15 is 0 Å². The van der Waals surface area contributed by atoms with Gasteiger partial charge in [-0.2, -0.15) is 0 Å². The first-order chi connectivity index (χ1) is 25.2. The highest BCUT2D eigenvalue weighted by molar-refractivity contribution is 6.37. The zero-order valence-electron chi connectivity index (χ0n) is 28.2. The van der Waals surface area contributed by atoms with Crippen LogP contribution in [-0.4, -0.2) is 9.55 Å². The fourth-order valence-corrected chi connectivity index (χ4v) is 8.73. The number of aromatic nitrogens is 2. The van der Waals surface area contributed by atoms with E-state index in [0.29, 0.717) is 0 Å². The van der Waals surface area contributed by atoms with Crippen LogP contribution >= 0.6 is 0 Å². The van der Waals surface area contributed by atoms with Gasteiger partial charge in [-0.1, -0.05) is 140 Å². The maximum absolute atomic E-state index is 4.97. The Labute approximate surface area is 295 Å². The Morgan fingerprint density at radius 3 is 1.43 bits per heavy atom. The van der Waals surface area contributed by atoms with Gasteiger partial charge in [-0.15, -0.1) is 0 Å². The molecule has 238 valence electrons. The van der Waals surface area contributed by atoms with Gasteiger partial charge in [0.05, 0.1) is 11.0 Å². The third-order valence-electron chi connectivity index (χ3n) is 11.1. The number of imidazole rings is 1. The third kappa shape index (κ3) is 4.14. The molecule has 0 N–H and O–H groups in total. The van der Waals surface area contributed by atoms with Gasteiger partial charge in [-0.3, -0.25) is 0 Å². The van der Waals surface area contributed by atoms with Crippen molar-refractivity contribution in [2.45, 2.75) is 13.5 Å². The Morgan fingerprint density at radius 1 is 0.392 bits per heavy atom. The summed E-state index contributed by atoms with van der Waals surface area (Å²) >= 11 is 0. The molecule has 51 heavy (non-hydrogen) atoms. The van der Waals surface area contributed by atoms with Crippen molar-refractivity contribution in [3.63, 3.8) is 0 Å². The second-order valence-corrected chi connectivity index (χ2v) is 13.8. The number of benzene rings is 9. The topological polar surface area (TPSA) is 17.8 Å². The molecule has 0 aliphatic rings. The van der Waals surface area contributed by atoms with Gasteiger partial charge in [0.25, 0.3) is 0 Å². The van der Waals surface area contributed by atoms with Crippen molar-refractivity contribution in [1.29, 1.82) is 0 Å². The molecule has 2 heteroatoms. The third-order valence-corrected chi connectivity index (χ3v) is 11.1. The van der Waals surface area contributed by atoms with Crippen molar-refractivity contribution in [3.05, 3.63) is 164 Å². The minimum absolute atomic E-state index is 0.880. The molecular weight excluding hydrogens is 617 g/mol. The summed E-state index contributed by atoms with van der Waals surface area (Å²) in [5, 5.41) is 15.7. The fraction of sp³-hybridized carbons (Fsp3) is 0.0408. The summed E-state index contributed by atoms with van der Waals surface area (Å²) in [4.78, 5) is 4.97. The molecule has 0 bridgehead atoms. The molecule has 0 saturated heterocycles. The summed E-state index contributed by atoms with van der Waals surface area (Å²) in [6.45, 7) is 3.06. The van der Waals surface area contributed by atoms with Crippen LogP contribution in [0.2, 0.25) is 0 Å². The predicted molar refractivity (Wildman–Crippen MR) is 218 cm³/mol. The van der Waals surface area contributed by atoms with Gasteiger partial charge in [-0.05, 0) is 118 Å². The molecule has 0 spiro atoms. The highest BCUT2D eigenvalue weighted by Gasteiger charge is 2.17. The van der Waals surface area contributed by atoms with Crippen molar-refractivity contribution in [1.82, 2.24) is 9.55 Å². The second-order valence-electron chi connectivity index (χ2n) is 13.8. The van der Waals surface area contributed by atoms with Crippen molar-refractivity contribution < 1.29 is 0 Å². The van der Waals surface area contributed by atoms with Gasteiger partial charge >= 0.3 is 0 Å². The van der Waals surface area contributed by atoms with Crippen LogP contribution in [0.4, 0.5) is 0 Å². The molecule has 0 aliphatic carbocycles. The van der Waals surface area contributed by atoms with Crippen LogP contribution in [0.25, 0.3) is 109 Å². The van der Waals surface area contributed by atoms with Crippen molar-refractivity contribution in [3.8, 4) is 33.6 Å². The smallest absolute Gasteiger partial charge is 0.141 e. The number of para-hydroxylation sites is 2. The first-order valence-electron chi connectivity index (χ1n) is 17.8. The van der Waals surface area contributed by atoms with Crippen LogP contribution in [-0.2, 0) is 6.54 Å². The number of fused-ring (bicyclic) bond motifs is 3. The lowest BCUT2D eigenvalue weighted by atomic mass is 9.86. The molecule has 0 saturated carbocycles. The van der Waals surface area contributed by atoms with E-state index in [-0.39, 0.29) is 0 Å². The van der Waals surface area contributed by atoms with E-state index < -0.39 is 0 Å². The molecule has 11 aromatic rings. The molecule has 1 heterocycles. The lowest BCUT2D eigenvalue weighted by molar-refractivity contribution is 0.796. The standard InChI is InChI=1S/C49H32N2/c1-2-51-44-15-4-3-14-43(44)50-49(51)36-25-20-31(21-26-36)30-16-18-32(19-17-30)38-28-37-27-24-35-9-6-12-40-39-11-5-8-33-22-23-34-10-7-13-41(47(34)45(33)39)42(29-38)48(37)46(35)40/h3-29H,2H2,1H3. The summed E-state index contributed by atoms with van der Waals surface area (Å²) in [5.41, 5.74) is 8.19. The van der Waals surface area contributed by atoms with Crippen LogP contribution in [0.3, 0.4) is 0 Å². The van der Waals surface area contributed by atoms with Crippen LogP contribution in [0.15, 0.2) is 164 Å². The number of aryl methyl sites for hydroxylation is 1. The Kier molecular flexibility index (Phi) is 5.97. The Morgan fingerprint density at radius 2 is 0.863 bits per heavy atom. The van der Waals surface area contributed by atoms with Gasteiger partial charge in [-0.25, -0.2) is 4.98 Å². The fourth-order valence-electron chi connectivity index (χ4n) is 8.73. The van der Waals surface area contributed by atoms with Crippen molar-refractivity contribution in [2.24, 2.45) is 0 Å². The van der Waals surface area contributed by atoms with E-state index in [4.69, 9.17) is 4.98 Å². The summed E-state index contributed by atoms with van der Waals surface area (Å²) in [5.74, 6) is 1.02. The minimum atomic E-state index is 0.880. The minimum Gasteiger partial charge on any atom is -0.324 e. The molecule has 0 aliphatic heterocycles. The number of nitrogens with zero attached hydrogens (tertiary/aromatic N) is 2. The zero-order chi connectivity index (χ0) is 33.6. The van der Waals surface area contributed by atoms with Crippen LogP contribution in [0.5, 0.6) is 0 Å². The highest BCUT2D eigenvalue weighted by Crippen LogP contribution is 2.44. The van der Waals surface area contributed by atoms with E-state index in [9.17, 15) is 0 Å². The lowest BCUT2D eigenvalue weighted by Crippen LogP contribution is -1.97. The van der Waals surface area contributed by atoms with E-state index in [0.717, 1.165) is 23.4 Å². The summed E-state index contributed by atoms with van der Waals surface area (Å²) < 4.78 is 2.29. The Bertz CT molecular complexity index is 3140. The number of hydrogen-bond donors (Lipinski definition) is 0. The molecular formula is C49H32N2. The average Bonchev–Trinajstić information content (AvgIpc) is 3.58. The first-order valence-corrected chi connectivity index (χ1v) is 17.8. The highest BCUT2D eigenvalue weighted by atomic mass is 15.1. The molecule has 2 nitrogen and oxygen atoms in total. The largest absolute Gasteiger partial charge is 0.324 e. The first kappa shape index (κ1) is 28.3. The normalized spacial score (nSPS) is 12.1. The van der Waals surface area contributed by atoms with Crippen molar-refractivity contribution >= 4 is 75.7 Å². The molecule has 0 atom stereocenters. The maximum atomic E-state index is 4.97. The van der Waals surface area contributed by atoms with Gasteiger partial charge < -0.3 is 4.57 Å². The van der Waals surface area contributed by atoms with Gasteiger partial charge in [0, 0.05) is 12.1 Å². The monoisotopic (exact) mass is 648 g/mol. The predicted octanol–water partition coefficient (Wildman–Crippen LogP) is 13.4. The van der Waals surface area contributed by atoms with E-state index in [2.05, 4.69) is 175 Å². The Hall–Kier alpha value is -6.51. The Balaban J connectivity index is 1.08. The van der Waals surface area contributed by atoms with E-state index in [1.807, 2.05) is 0 Å². The summed E-state index contributed by atoms with van der Waals surface area (Å²) in [7, 11) is 0. The van der Waals surface area contributed by atoms with Crippen LogP contribution in [0, 0.1) is 0 Å². The molecule has 10 aromatic carbocycles. The number of hydrogen-bond acceptors (Lipinski definition) is 1. The quantitative estimate of drug-likeness (QED) is 0.174. The molecule has 1 aromatic heterocycles. The molecule has 11 rings (SSSR count). The SMILES string of the molecule is CCn1c(-c2ccc(-c3ccc(-c4cc5ccc6cccc7c8cccc9ccc%10cccc(c(c4)c5c67)c%10c98)cc3)cc2)nc2ccccc21. The zero-order valence-corrected chi connectivity index (χ0v) is 28.2. The average molecular weight is 649 g/mol. The van der Waals surface area contributed by atoms with Crippen LogP contribution < -0.4 is 0 Å². The van der Waals surface area contributed by atoms with Gasteiger partial charge in [0.15, 0.2) is 0 Å². The molecule has 0 amide bonds. The van der Waals surface area contributed by atoms with Gasteiger partial charge in [0.2, 0.25) is 0 Å². The maximum Gasteiger partial charge on any atom is 0.141 e. The van der Waals surface area contributed by atoms with E-state index in [1.54, 1.807) is 0 Å². The second kappa shape index (κ2) is 10.7. The summed E-state index contributed by atoms with van der Waals surface area (Å²) in [6, 6.07) is 60.6. The summed E-state index contributed by atoms with van der Waals surface area (Å²) in [6.07, 6.45) is 0. The van der Waals surface area contributed by atoms with Crippen LogP contribution in [0.1, 0.15) is 6.92 Å².